The average Bonchev–Trinajstić information content (AvgIpc) is 2.27. The van der Waals surface area contributed by atoms with Crippen molar-refractivity contribution < 1.29 is 14.3 Å². The Morgan fingerprint density at radius 2 is 2.06 bits per heavy atom. The number of anilines is 1. The van der Waals surface area contributed by atoms with Crippen LogP contribution in [0.1, 0.15) is 20.8 Å². The first-order valence-electron chi connectivity index (χ1n) is 5.78. The van der Waals surface area contributed by atoms with Crippen LogP contribution in [0.4, 0.5) is 5.69 Å². The van der Waals surface area contributed by atoms with Crippen molar-refractivity contribution in [3.63, 3.8) is 0 Å². The molecule has 94 valence electrons. The first kappa shape index (κ1) is 13.4. The lowest BCUT2D eigenvalue weighted by Crippen LogP contribution is -2.20. The summed E-state index contributed by atoms with van der Waals surface area (Å²) in [6, 6.07) is 7.51. The Hall–Kier alpha value is -1.71. The van der Waals surface area contributed by atoms with Crippen LogP contribution >= 0.6 is 0 Å². The van der Waals surface area contributed by atoms with Crippen molar-refractivity contribution in [1.29, 1.82) is 0 Å². The second-order valence-corrected chi connectivity index (χ2v) is 3.82. The molecular weight excluding hydrogens is 218 g/mol. The predicted octanol–water partition coefficient (Wildman–Crippen LogP) is 2.45. The van der Waals surface area contributed by atoms with Gasteiger partial charge in [0.2, 0.25) is 0 Å². The molecule has 1 N–H and O–H groups in total. The van der Waals surface area contributed by atoms with Crippen molar-refractivity contribution in [3.8, 4) is 5.75 Å². The quantitative estimate of drug-likeness (QED) is 0.772. The Labute approximate surface area is 102 Å². The van der Waals surface area contributed by atoms with Crippen LogP contribution in [-0.2, 0) is 9.53 Å². The molecule has 0 bridgehead atoms. The fourth-order valence-electron chi connectivity index (χ4n) is 1.37. The highest BCUT2D eigenvalue weighted by atomic mass is 16.5. The first-order chi connectivity index (χ1) is 8.13. The van der Waals surface area contributed by atoms with Gasteiger partial charge in [-0.05, 0) is 32.9 Å². The molecular formula is C13H19NO3. The molecule has 0 saturated carbocycles. The van der Waals surface area contributed by atoms with E-state index in [1.165, 1.54) is 0 Å². The highest BCUT2D eigenvalue weighted by Crippen LogP contribution is 2.23. The van der Waals surface area contributed by atoms with E-state index in [2.05, 4.69) is 5.32 Å². The number of rotatable bonds is 6. The molecule has 0 spiro atoms. The zero-order valence-electron chi connectivity index (χ0n) is 10.5. The van der Waals surface area contributed by atoms with E-state index in [1.807, 2.05) is 45.0 Å². The molecule has 1 aromatic rings. The third-order valence-electron chi connectivity index (χ3n) is 1.98. The molecule has 0 aromatic heterocycles. The topological polar surface area (TPSA) is 47.6 Å². The van der Waals surface area contributed by atoms with Crippen LogP contribution in [-0.4, -0.2) is 25.2 Å². The van der Waals surface area contributed by atoms with E-state index in [0.29, 0.717) is 6.61 Å². The second kappa shape index (κ2) is 6.78. The van der Waals surface area contributed by atoms with E-state index in [0.717, 1.165) is 11.4 Å². The van der Waals surface area contributed by atoms with Gasteiger partial charge < -0.3 is 14.8 Å². The van der Waals surface area contributed by atoms with Crippen LogP contribution in [0.5, 0.6) is 5.75 Å². The molecule has 0 aliphatic rings. The van der Waals surface area contributed by atoms with Crippen LogP contribution in [0.25, 0.3) is 0 Å². The Bertz CT molecular complexity index is 363. The Kier molecular flexibility index (Phi) is 5.33. The summed E-state index contributed by atoms with van der Waals surface area (Å²) >= 11 is 0. The van der Waals surface area contributed by atoms with Gasteiger partial charge in [0.05, 0.1) is 18.4 Å². The average molecular weight is 237 g/mol. The molecule has 0 fully saturated rings. The van der Waals surface area contributed by atoms with E-state index in [4.69, 9.17) is 9.47 Å². The summed E-state index contributed by atoms with van der Waals surface area (Å²) in [7, 11) is 0. The minimum Gasteiger partial charge on any atom is -0.492 e. The van der Waals surface area contributed by atoms with Crippen molar-refractivity contribution in [2.24, 2.45) is 0 Å². The van der Waals surface area contributed by atoms with Gasteiger partial charge in [-0.3, -0.25) is 4.79 Å². The maximum atomic E-state index is 11.4. The molecule has 0 radical (unpaired) electrons. The van der Waals surface area contributed by atoms with E-state index >= 15 is 0 Å². The Morgan fingerprint density at radius 3 is 2.71 bits per heavy atom. The van der Waals surface area contributed by atoms with Crippen LogP contribution in [0, 0.1) is 0 Å². The molecule has 0 atom stereocenters. The van der Waals surface area contributed by atoms with E-state index in [9.17, 15) is 4.79 Å². The minimum absolute atomic E-state index is 0.0913. The summed E-state index contributed by atoms with van der Waals surface area (Å²) in [5, 5.41) is 3.00. The lowest BCUT2D eigenvalue weighted by Gasteiger charge is -2.12. The predicted molar refractivity (Wildman–Crippen MR) is 67.3 cm³/mol. The molecule has 0 saturated heterocycles. The molecule has 0 aliphatic carbocycles. The van der Waals surface area contributed by atoms with Gasteiger partial charge >= 0.3 is 5.97 Å². The lowest BCUT2D eigenvalue weighted by atomic mass is 10.3. The van der Waals surface area contributed by atoms with Gasteiger partial charge in [0, 0.05) is 0 Å². The summed E-state index contributed by atoms with van der Waals surface area (Å²) in [4.78, 5) is 11.4. The van der Waals surface area contributed by atoms with Crippen LogP contribution in [0.2, 0.25) is 0 Å². The maximum absolute atomic E-state index is 11.4. The highest BCUT2D eigenvalue weighted by molar-refractivity contribution is 5.76. The number of ether oxygens (including phenoxy) is 2. The molecule has 0 unspecified atom stereocenters. The number of para-hydroxylation sites is 2. The molecule has 0 amide bonds. The molecule has 1 rings (SSSR count). The van der Waals surface area contributed by atoms with Crippen LogP contribution < -0.4 is 10.1 Å². The van der Waals surface area contributed by atoms with Crippen molar-refractivity contribution in [1.82, 2.24) is 0 Å². The van der Waals surface area contributed by atoms with Gasteiger partial charge in [0.25, 0.3) is 0 Å². The molecule has 17 heavy (non-hydrogen) atoms. The third kappa shape index (κ3) is 4.76. The maximum Gasteiger partial charge on any atom is 0.325 e. The Morgan fingerprint density at radius 1 is 1.35 bits per heavy atom. The van der Waals surface area contributed by atoms with Crippen LogP contribution in [0.3, 0.4) is 0 Å². The van der Waals surface area contributed by atoms with Gasteiger partial charge in [0.1, 0.15) is 12.3 Å². The number of benzene rings is 1. The largest absolute Gasteiger partial charge is 0.492 e. The summed E-state index contributed by atoms with van der Waals surface area (Å²) in [5.74, 6) is 0.471. The molecule has 0 heterocycles. The summed E-state index contributed by atoms with van der Waals surface area (Å²) < 4.78 is 10.5. The third-order valence-corrected chi connectivity index (χ3v) is 1.98. The SMILES string of the molecule is CCOc1ccccc1NCC(=O)OC(C)C. The highest BCUT2D eigenvalue weighted by Gasteiger charge is 2.07. The number of hydrogen-bond donors (Lipinski definition) is 1. The van der Waals surface area contributed by atoms with E-state index in [-0.39, 0.29) is 18.6 Å². The lowest BCUT2D eigenvalue weighted by molar-refractivity contribution is -0.145. The molecule has 4 nitrogen and oxygen atoms in total. The second-order valence-electron chi connectivity index (χ2n) is 3.82. The van der Waals surface area contributed by atoms with E-state index in [1.54, 1.807) is 0 Å². The van der Waals surface area contributed by atoms with Crippen molar-refractivity contribution >= 4 is 11.7 Å². The standard InChI is InChI=1S/C13H19NO3/c1-4-16-12-8-6-5-7-11(12)14-9-13(15)17-10(2)3/h5-8,10,14H,4,9H2,1-3H3. The zero-order valence-corrected chi connectivity index (χ0v) is 10.5. The minimum atomic E-state index is -0.272. The first-order valence-corrected chi connectivity index (χ1v) is 5.78. The smallest absolute Gasteiger partial charge is 0.325 e. The van der Waals surface area contributed by atoms with Gasteiger partial charge in [-0.25, -0.2) is 0 Å². The van der Waals surface area contributed by atoms with Gasteiger partial charge in [-0.2, -0.15) is 0 Å². The van der Waals surface area contributed by atoms with E-state index < -0.39 is 0 Å². The molecule has 1 aromatic carbocycles. The van der Waals surface area contributed by atoms with Crippen LogP contribution in [0.15, 0.2) is 24.3 Å². The number of esters is 1. The van der Waals surface area contributed by atoms with Gasteiger partial charge in [-0.1, -0.05) is 12.1 Å². The van der Waals surface area contributed by atoms with Gasteiger partial charge in [-0.15, -0.1) is 0 Å². The van der Waals surface area contributed by atoms with Gasteiger partial charge in [0.15, 0.2) is 0 Å². The van der Waals surface area contributed by atoms with Crippen molar-refractivity contribution in [2.75, 3.05) is 18.5 Å². The van der Waals surface area contributed by atoms with Crippen molar-refractivity contribution in [2.45, 2.75) is 26.9 Å². The number of nitrogens with one attached hydrogen (secondary N) is 1. The molecule has 0 aliphatic heterocycles. The monoisotopic (exact) mass is 237 g/mol. The molecule has 4 heteroatoms. The Balaban J connectivity index is 2.53. The number of carbonyl (C=O) groups excluding carboxylic acids is 1. The normalized spacial score (nSPS) is 10.1. The summed E-state index contributed by atoms with van der Waals surface area (Å²) in [6.07, 6.45) is -0.0913. The zero-order chi connectivity index (χ0) is 12.7. The fraction of sp³-hybridized carbons (Fsp3) is 0.462. The van der Waals surface area contributed by atoms with Crippen molar-refractivity contribution in [3.05, 3.63) is 24.3 Å². The number of carbonyl (C=O) groups is 1. The summed E-state index contributed by atoms with van der Waals surface area (Å²) in [6.45, 7) is 6.30. The number of hydrogen-bond acceptors (Lipinski definition) is 4. The summed E-state index contributed by atoms with van der Waals surface area (Å²) in [5.41, 5.74) is 0.801. The fourth-order valence-corrected chi connectivity index (χ4v) is 1.37.